The van der Waals surface area contributed by atoms with Gasteiger partial charge in [0.25, 0.3) is 5.92 Å². The number of carbonyl (C=O) groups is 1. The van der Waals surface area contributed by atoms with Crippen LogP contribution in [0, 0.1) is 0 Å². The maximum Gasteiger partial charge on any atom is 0.357 e. The van der Waals surface area contributed by atoms with Crippen LogP contribution in [-0.4, -0.2) is 36.3 Å². The Labute approximate surface area is 114 Å². The summed E-state index contributed by atoms with van der Waals surface area (Å²) in [6.07, 6.45) is 1.23. The molecule has 0 aliphatic carbocycles. The van der Waals surface area contributed by atoms with Crippen LogP contribution in [0.25, 0.3) is 0 Å². The number of alkyl halides is 2. The molecule has 0 unspecified atom stereocenters. The number of nitrogens with zero attached hydrogens (tertiary/aromatic N) is 1. The van der Waals surface area contributed by atoms with E-state index in [9.17, 15) is 13.6 Å². The van der Waals surface area contributed by atoms with Crippen molar-refractivity contribution in [2.45, 2.75) is 24.7 Å². The number of ether oxygens (including phenoxy) is 2. The van der Waals surface area contributed by atoms with Crippen LogP contribution in [0.4, 0.5) is 8.78 Å². The molecule has 7 heteroatoms. The smallest absolute Gasteiger partial charge is 0.357 e. The second kappa shape index (κ2) is 6.70. The molecule has 0 N–H and O–H groups in total. The van der Waals surface area contributed by atoms with Crippen molar-refractivity contribution in [2.24, 2.45) is 0 Å². The lowest BCUT2D eigenvalue weighted by atomic mass is 10.3. The molecule has 1 heterocycles. The first-order valence-electron chi connectivity index (χ1n) is 5.59. The van der Waals surface area contributed by atoms with E-state index in [1.54, 1.807) is 0 Å². The number of hydrogen-bond acceptors (Lipinski definition) is 5. The average Bonchev–Trinajstić information content (AvgIpc) is 2.35. The predicted molar refractivity (Wildman–Crippen MR) is 68.1 cm³/mol. The molecule has 0 amide bonds. The predicted octanol–water partition coefficient (Wildman–Crippen LogP) is 3.01. The fraction of sp³-hybridized carbons (Fsp3) is 0.500. The lowest BCUT2D eigenvalue weighted by molar-refractivity contribution is -0.0231. The van der Waals surface area contributed by atoms with Crippen molar-refractivity contribution in [2.75, 3.05) is 19.5 Å². The largest absolute Gasteiger partial charge is 0.486 e. The summed E-state index contributed by atoms with van der Waals surface area (Å²) in [5.74, 6) is -2.58. The Morgan fingerprint density at radius 3 is 2.74 bits per heavy atom. The van der Waals surface area contributed by atoms with Crippen molar-refractivity contribution < 1.29 is 23.0 Å². The molecule has 19 heavy (non-hydrogen) atoms. The molecule has 1 aromatic rings. The third-order valence-electron chi connectivity index (χ3n) is 2.00. The maximum absolute atomic E-state index is 12.7. The number of hydrogen-bond donors (Lipinski definition) is 0. The van der Waals surface area contributed by atoms with Gasteiger partial charge in [-0.1, -0.05) is 6.92 Å². The fourth-order valence-electron chi connectivity index (χ4n) is 1.23. The minimum absolute atomic E-state index is 0.157. The van der Waals surface area contributed by atoms with Crippen LogP contribution in [0.1, 0.15) is 24.3 Å². The molecular formula is C12H15F2NO3S. The zero-order valence-electron chi connectivity index (χ0n) is 10.9. The van der Waals surface area contributed by atoms with Gasteiger partial charge in [0.2, 0.25) is 0 Å². The van der Waals surface area contributed by atoms with Gasteiger partial charge in [0.05, 0.1) is 13.3 Å². The first kappa shape index (κ1) is 15.7. The molecule has 0 atom stereocenters. The molecule has 0 aliphatic heterocycles. The van der Waals surface area contributed by atoms with E-state index in [1.165, 1.54) is 31.1 Å². The highest BCUT2D eigenvalue weighted by atomic mass is 32.2. The van der Waals surface area contributed by atoms with Gasteiger partial charge in [0, 0.05) is 11.8 Å². The molecule has 1 aromatic heterocycles. The number of thioether (sulfide) groups is 1. The lowest BCUT2D eigenvalue weighted by Crippen LogP contribution is -2.21. The van der Waals surface area contributed by atoms with Gasteiger partial charge in [-0.05, 0) is 11.8 Å². The molecule has 0 saturated heterocycles. The molecule has 1 rings (SSSR count). The van der Waals surface area contributed by atoms with E-state index >= 15 is 0 Å². The van der Waals surface area contributed by atoms with E-state index in [1.807, 2.05) is 6.92 Å². The van der Waals surface area contributed by atoms with Crippen LogP contribution in [0.5, 0.6) is 5.75 Å². The molecule has 0 spiro atoms. The fourth-order valence-corrected chi connectivity index (χ4v) is 2.01. The SMILES string of the molecule is CCSc1cc(OCC(C)(F)F)cnc1C(=O)OC. The van der Waals surface area contributed by atoms with Crippen LogP contribution in [0.2, 0.25) is 0 Å². The summed E-state index contributed by atoms with van der Waals surface area (Å²) in [6, 6.07) is 1.51. The second-order valence-electron chi connectivity index (χ2n) is 3.80. The summed E-state index contributed by atoms with van der Waals surface area (Å²) in [5, 5.41) is 0. The molecule has 0 bridgehead atoms. The van der Waals surface area contributed by atoms with Crippen molar-refractivity contribution in [3.05, 3.63) is 18.0 Å². The number of aromatic nitrogens is 1. The van der Waals surface area contributed by atoms with Gasteiger partial charge in [-0.2, -0.15) is 0 Å². The number of rotatable bonds is 6. The summed E-state index contributed by atoms with van der Waals surface area (Å²) in [5.41, 5.74) is 0.157. The summed E-state index contributed by atoms with van der Waals surface area (Å²) >= 11 is 1.36. The van der Waals surface area contributed by atoms with Gasteiger partial charge in [-0.15, -0.1) is 11.8 Å². The van der Waals surface area contributed by atoms with E-state index in [4.69, 9.17) is 4.74 Å². The highest BCUT2D eigenvalue weighted by Gasteiger charge is 2.23. The highest BCUT2D eigenvalue weighted by molar-refractivity contribution is 7.99. The highest BCUT2D eigenvalue weighted by Crippen LogP contribution is 2.26. The average molecular weight is 291 g/mol. The Morgan fingerprint density at radius 2 is 2.21 bits per heavy atom. The van der Waals surface area contributed by atoms with Crippen molar-refractivity contribution >= 4 is 17.7 Å². The van der Waals surface area contributed by atoms with Crippen LogP contribution < -0.4 is 4.74 Å². The molecule has 0 aromatic carbocycles. The summed E-state index contributed by atoms with van der Waals surface area (Å²) in [7, 11) is 1.26. The number of methoxy groups -OCH3 is 1. The van der Waals surface area contributed by atoms with Gasteiger partial charge in [-0.25, -0.2) is 18.6 Å². The Morgan fingerprint density at radius 1 is 1.53 bits per heavy atom. The standard InChI is InChI=1S/C12H15F2NO3S/c1-4-19-9-5-8(18-7-12(2,13)14)6-15-10(9)11(16)17-3/h5-6H,4,7H2,1-3H3. The lowest BCUT2D eigenvalue weighted by Gasteiger charge is -2.13. The number of carbonyl (C=O) groups excluding carboxylic acids is 1. The second-order valence-corrected chi connectivity index (χ2v) is 5.11. The molecule has 4 nitrogen and oxygen atoms in total. The number of esters is 1. The maximum atomic E-state index is 12.7. The molecule has 0 aliphatic rings. The Hall–Kier alpha value is -1.37. The van der Waals surface area contributed by atoms with Gasteiger partial charge < -0.3 is 9.47 Å². The first-order chi connectivity index (χ1) is 8.87. The molecular weight excluding hydrogens is 276 g/mol. The molecule has 0 radical (unpaired) electrons. The normalized spacial score (nSPS) is 11.2. The quantitative estimate of drug-likeness (QED) is 0.595. The van der Waals surface area contributed by atoms with Crippen LogP contribution in [0.15, 0.2) is 17.2 Å². The first-order valence-corrected chi connectivity index (χ1v) is 6.57. The van der Waals surface area contributed by atoms with Crippen molar-refractivity contribution in [3.63, 3.8) is 0 Å². The van der Waals surface area contributed by atoms with Crippen molar-refractivity contribution in [3.8, 4) is 5.75 Å². The topological polar surface area (TPSA) is 48.4 Å². The van der Waals surface area contributed by atoms with Gasteiger partial charge in [0.15, 0.2) is 12.3 Å². The summed E-state index contributed by atoms with van der Waals surface area (Å²) in [6.45, 7) is 1.94. The van der Waals surface area contributed by atoms with Crippen LogP contribution in [0.3, 0.4) is 0 Å². The Kier molecular flexibility index (Phi) is 5.53. The third kappa shape index (κ3) is 5.02. The zero-order chi connectivity index (χ0) is 14.5. The van der Waals surface area contributed by atoms with Crippen molar-refractivity contribution in [1.29, 1.82) is 0 Å². The molecule has 0 saturated carbocycles. The van der Waals surface area contributed by atoms with Gasteiger partial charge >= 0.3 is 5.97 Å². The van der Waals surface area contributed by atoms with Crippen molar-refractivity contribution in [1.82, 2.24) is 4.98 Å². The van der Waals surface area contributed by atoms with Gasteiger partial charge in [-0.3, -0.25) is 0 Å². The van der Waals surface area contributed by atoms with Gasteiger partial charge in [0.1, 0.15) is 5.75 Å². The number of pyridine rings is 1. The molecule has 0 fully saturated rings. The van der Waals surface area contributed by atoms with Crippen LogP contribution in [-0.2, 0) is 4.74 Å². The van der Waals surface area contributed by atoms with E-state index in [0.717, 1.165) is 6.92 Å². The van der Waals surface area contributed by atoms with E-state index in [2.05, 4.69) is 9.72 Å². The summed E-state index contributed by atoms with van der Waals surface area (Å²) < 4.78 is 34.9. The Bertz CT molecular complexity index is 449. The molecule has 106 valence electrons. The van der Waals surface area contributed by atoms with E-state index in [0.29, 0.717) is 10.6 Å². The summed E-state index contributed by atoms with van der Waals surface area (Å²) in [4.78, 5) is 15.9. The minimum Gasteiger partial charge on any atom is -0.486 e. The number of halogens is 2. The monoisotopic (exact) mass is 291 g/mol. The third-order valence-corrected chi connectivity index (χ3v) is 2.91. The van der Waals surface area contributed by atoms with E-state index < -0.39 is 18.5 Å². The Balaban J connectivity index is 2.92. The van der Waals surface area contributed by atoms with Crippen LogP contribution >= 0.6 is 11.8 Å². The zero-order valence-corrected chi connectivity index (χ0v) is 11.7. The minimum atomic E-state index is -2.92. The van der Waals surface area contributed by atoms with E-state index in [-0.39, 0.29) is 11.4 Å².